The van der Waals surface area contributed by atoms with Crippen LogP contribution in [0, 0.1) is 10.1 Å². The number of hydrogen-bond acceptors (Lipinski definition) is 4. The molecule has 0 bridgehead atoms. The Labute approximate surface area is 137 Å². The Morgan fingerprint density at radius 3 is 2.33 bits per heavy atom. The highest BCUT2D eigenvalue weighted by Crippen LogP contribution is 2.30. The normalized spacial score (nSPS) is 11.1. The van der Waals surface area contributed by atoms with E-state index in [4.69, 9.17) is 0 Å². The average molecular weight is 436 g/mol. The zero-order valence-corrected chi connectivity index (χ0v) is 14.3. The SMILES string of the molecule is O=[N+]([O-])c1ccc(Br)c(NS(=O)(=O)c2ccccc2Br)c1. The molecule has 0 atom stereocenters. The van der Waals surface area contributed by atoms with E-state index in [-0.39, 0.29) is 16.3 Å². The van der Waals surface area contributed by atoms with Crippen molar-refractivity contribution >= 4 is 53.3 Å². The van der Waals surface area contributed by atoms with Gasteiger partial charge in [0.2, 0.25) is 0 Å². The average Bonchev–Trinajstić information content (AvgIpc) is 2.41. The highest BCUT2D eigenvalue weighted by molar-refractivity contribution is 9.11. The minimum Gasteiger partial charge on any atom is -0.278 e. The lowest BCUT2D eigenvalue weighted by molar-refractivity contribution is -0.384. The van der Waals surface area contributed by atoms with Gasteiger partial charge in [-0.1, -0.05) is 12.1 Å². The number of anilines is 1. The summed E-state index contributed by atoms with van der Waals surface area (Å²) in [5.41, 5.74) is -0.108. The van der Waals surface area contributed by atoms with Crippen LogP contribution in [0.4, 0.5) is 11.4 Å². The van der Waals surface area contributed by atoms with Crippen molar-refractivity contribution in [1.82, 2.24) is 0 Å². The molecule has 0 radical (unpaired) electrons. The Morgan fingerprint density at radius 2 is 1.71 bits per heavy atom. The molecule has 21 heavy (non-hydrogen) atoms. The molecule has 110 valence electrons. The monoisotopic (exact) mass is 434 g/mol. The van der Waals surface area contributed by atoms with Crippen LogP contribution in [0.25, 0.3) is 0 Å². The summed E-state index contributed by atoms with van der Waals surface area (Å²) < 4.78 is 27.8. The summed E-state index contributed by atoms with van der Waals surface area (Å²) in [6, 6.07) is 10.1. The first-order valence-electron chi connectivity index (χ1n) is 5.52. The Kier molecular flexibility index (Phi) is 4.64. The van der Waals surface area contributed by atoms with Gasteiger partial charge in [-0.3, -0.25) is 14.8 Å². The topological polar surface area (TPSA) is 89.3 Å². The van der Waals surface area contributed by atoms with Crippen molar-refractivity contribution in [2.45, 2.75) is 4.90 Å². The lowest BCUT2D eigenvalue weighted by atomic mass is 10.3. The van der Waals surface area contributed by atoms with Gasteiger partial charge in [0.05, 0.1) is 10.6 Å². The highest BCUT2D eigenvalue weighted by atomic mass is 79.9. The van der Waals surface area contributed by atoms with Crippen LogP contribution in [0.2, 0.25) is 0 Å². The van der Waals surface area contributed by atoms with Gasteiger partial charge in [-0.15, -0.1) is 0 Å². The van der Waals surface area contributed by atoms with Gasteiger partial charge >= 0.3 is 0 Å². The van der Waals surface area contributed by atoms with E-state index in [1.54, 1.807) is 18.2 Å². The number of nitro groups is 1. The first kappa shape index (κ1) is 15.9. The molecule has 0 amide bonds. The van der Waals surface area contributed by atoms with Crippen LogP contribution in [0.3, 0.4) is 0 Å². The molecular formula is C12H8Br2N2O4S. The fourth-order valence-electron chi connectivity index (χ4n) is 1.57. The molecular weight excluding hydrogens is 428 g/mol. The molecule has 1 N–H and O–H groups in total. The van der Waals surface area contributed by atoms with Crippen molar-refractivity contribution in [3.05, 3.63) is 61.5 Å². The molecule has 0 saturated carbocycles. The number of halogens is 2. The van der Waals surface area contributed by atoms with Gasteiger partial charge in [-0.2, -0.15) is 0 Å². The summed E-state index contributed by atoms with van der Waals surface area (Å²) in [6.45, 7) is 0. The van der Waals surface area contributed by atoms with Crippen LogP contribution < -0.4 is 4.72 Å². The van der Waals surface area contributed by atoms with Gasteiger partial charge in [-0.25, -0.2) is 8.42 Å². The number of nitrogens with zero attached hydrogens (tertiary/aromatic N) is 1. The number of nitro benzene ring substituents is 1. The third-order valence-electron chi connectivity index (χ3n) is 2.53. The Bertz CT molecular complexity index is 809. The van der Waals surface area contributed by atoms with E-state index in [1.807, 2.05) is 0 Å². The predicted molar refractivity (Wildman–Crippen MR) is 85.7 cm³/mol. The highest BCUT2D eigenvalue weighted by Gasteiger charge is 2.20. The molecule has 0 heterocycles. The summed E-state index contributed by atoms with van der Waals surface area (Å²) in [6.07, 6.45) is 0. The third-order valence-corrected chi connectivity index (χ3v) is 5.60. The molecule has 0 aliphatic rings. The quantitative estimate of drug-likeness (QED) is 0.582. The fourth-order valence-corrected chi connectivity index (χ4v) is 4.12. The molecule has 0 aliphatic carbocycles. The first-order valence-corrected chi connectivity index (χ1v) is 8.59. The second-order valence-electron chi connectivity index (χ2n) is 3.96. The number of hydrogen-bond donors (Lipinski definition) is 1. The van der Waals surface area contributed by atoms with E-state index >= 15 is 0 Å². The van der Waals surface area contributed by atoms with E-state index in [1.165, 1.54) is 18.2 Å². The molecule has 0 fully saturated rings. The predicted octanol–water partition coefficient (Wildman–Crippen LogP) is 3.92. The second-order valence-corrected chi connectivity index (χ2v) is 7.32. The van der Waals surface area contributed by atoms with E-state index < -0.39 is 14.9 Å². The number of sulfonamides is 1. The van der Waals surface area contributed by atoms with Crippen LogP contribution >= 0.6 is 31.9 Å². The van der Waals surface area contributed by atoms with E-state index in [2.05, 4.69) is 36.6 Å². The van der Waals surface area contributed by atoms with Crippen LogP contribution in [-0.2, 0) is 10.0 Å². The van der Waals surface area contributed by atoms with E-state index in [0.29, 0.717) is 8.95 Å². The summed E-state index contributed by atoms with van der Waals surface area (Å²) in [5.74, 6) is 0. The molecule has 0 unspecified atom stereocenters. The van der Waals surface area contributed by atoms with E-state index in [9.17, 15) is 18.5 Å². The molecule has 2 rings (SSSR count). The van der Waals surface area contributed by atoms with Gasteiger partial charge in [0.15, 0.2) is 0 Å². The Hall–Kier alpha value is -1.45. The fraction of sp³-hybridized carbons (Fsp3) is 0. The van der Waals surface area contributed by atoms with Crippen molar-refractivity contribution in [3.8, 4) is 0 Å². The van der Waals surface area contributed by atoms with Crippen LogP contribution in [-0.4, -0.2) is 13.3 Å². The largest absolute Gasteiger partial charge is 0.278 e. The zero-order valence-electron chi connectivity index (χ0n) is 10.3. The van der Waals surface area contributed by atoms with Gasteiger partial charge < -0.3 is 0 Å². The third kappa shape index (κ3) is 3.60. The van der Waals surface area contributed by atoms with E-state index in [0.717, 1.165) is 6.07 Å². The summed E-state index contributed by atoms with van der Waals surface area (Å²) in [5, 5.41) is 10.8. The standard InChI is InChI=1S/C12H8Br2N2O4S/c13-9-6-5-8(16(17)18)7-11(9)15-21(19,20)12-4-2-1-3-10(12)14/h1-7,15H. The maximum absolute atomic E-state index is 12.3. The molecule has 0 aromatic heterocycles. The Balaban J connectivity index is 2.44. The van der Waals surface area contributed by atoms with Crippen molar-refractivity contribution in [2.24, 2.45) is 0 Å². The van der Waals surface area contributed by atoms with Gasteiger partial charge in [0.25, 0.3) is 15.7 Å². The van der Waals surface area contributed by atoms with Crippen molar-refractivity contribution in [3.63, 3.8) is 0 Å². The molecule has 9 heteroatoms. The zero-order chi connectivity index (χ0) is 15.6. The smallest absolute Gasteiger partial charge is 0.271 e. The number of non-ortho nitro benzene ring substituents is 1. The lowest BCUT2D eigenvalue weighted by Crippen LogP contribution is -2.14. The molecule has 0 spiro atoms. The van der Waals surface area contributed by atoms with Gasteiger partial charge in [0.1, 0.15) is 4.90 Å². The maximum atomic E-state index is 12.3. The number of nitrogens with one attached hydrogen (secondary N) is 1. The summed E-state index contributed by atoms with van der Waals surface area (Å²) in [4.78, 5) is 10.2. The maximum Gasteiger partial charge on any atom is 0.271 e. The lowest BCUT2D eigenvalue weighted by Gasteiger charge is -2.10. The van der Waals surface area contributed by atoms with Gasteiger partial charge in [0, 0.05) is 21.1 Å². The molecule has 2 aromatic carbocycles. The van der Waals surface area contributed by atoms with Crippen LogP contribution in [0.5, 0.6) is 0 Å². The first-order chi connectivity index (χ1) is 9.81. The minimum atomic E-state index is -3.86. The Morgan fingerprint density at radius 1 is 1.05 bits per heavy atom. The number of rotatable bonds is 4. The molecule has 0 aliphatic heterocycles. The molecule has 2 aromatic rings. The van der Waals surface area contributed by atoms with Gasteiger partial charge in [-0.05, 0) is 50.1 Å². The molecule has 6 nitrogen and oxygen atoms in total. The van der Waals surface area contributed by atoms with Crippen LogP contribution in [0.1, 0.15) is 0 Å². The minimum absolute atomic E-state index is 0.0448. The summed E-state index contributed by atoms with van der Waals surface area (Å²) in [7, 11) is -3.86. The van der Waals surface area contributed by atoms with Crippen molar-refractivity contribution in [1.29, 1.82) is 0 Å². The summed E-state index contributed by atoms with van der Waals surface area (Å²) >= 11 is 6.32. The van der Waals surface area contributed by atoms with Crippen molar-refractivity contribution < 1.29 is 13.3 Å². The number of benzene rings is 2. The van der Waals surface area contributed by atoms with Crippen LogP contribution in [0.15, 0.2) is 56.3 Å². The second kappa shape index (κ2) is 6.12. The molecule has 0 saturated heterocycles. The van der Waals surface area contributed by atoms with Crippen molar-refractivity contribution in [2.75, 3.05) is 4.72 Å².